The minimum atomic E-state index is -5.70. The number of carboxylic acids is 3. The van der Waals surface area contributed by atoms with E-state index in [0.717, 1.165) is 0 Å². The number of aliphatic carboxylic acids is 3. The Morgan fingerprint density at radius 2 is 1.59 bits per heavy atom. The minimum Gasteiger partial charge on any atom is -0.778 e. The van der Waals surface area contributed by atoms with E-state index in [4.69, 9.17) is 4.89 Å². The molecule has 0 saturated carbocycles. The Labute approximate surface area is 94.8 Å². The van der Waals surface area contributed by atoms with E-state index < -0.39 is 49.9 Å². The number of carbonyl (C=O) groups excluding carboxylic acids is 3. The molecule has 0 heterocycles. The largest absolute Gasteiger partial charge is 0.778 e. The second kappa shape index (κ2) is 5.26. The van der Waals surface area contributed by atoms with Crippen molar-refractivity contribution in [1.29, 1.82) is 0 Å². The van der Waals surface area contributed by atoms with Gasteiger partial charge in [-0.25, -0.2) is 0 Å². The average Bonchev–Trinajstić information content (AvgIpc) is 2.08. The summed E-state index contributed by atoms with van der Waals surface area (Å²) >= 11 is 0. The third-order valence-electron chi connectivity index (χ3n) is 2.10. The summed E-state index contributed by atoms with van der Waals surface area (Å²) in [5.41, 5.74) is 0. The number of hydrogen-bond donors (Lipinski definition) is 1. The monoisotopic (exact) mass is 266 g/mol. The highest BCUT2D eigenvalue weighted by Crippen LogP contribution is 2.51. The van der Waals surface area contributed by atoms with E-state index in [2.05, 4.69) is 0 Å². The molecule has 2 unspecified atom stereocenters. The number of carbonyl (C=O) groups is 3. The highest BCUT2D eigenvalue weighted by molar-refractivity contribution is 7.53. The van der Waals surface area contributed by atoms with Crippen molar-refractivity contribution < 1.29 is 44.1 Å². The molecule has 0 rings (SSSR count). The van der Waals surface area contributed by atoms with E-state index in [1.54, 1.807) is 0 Å². The molecule has 98 valence electrons. The Morgan fingerprint density at radius 3 is 1.82 bits per heavy atom. The molecule has 2 atom stereocenters. The lowest BCUT2D eigenvalue weighted by atomic mass is 9.98. The third kappa shape index (κ3) is 3.81. The normalized spacial score (nSPS) is 17.8. The summed E-state index contributed by atoms with van der Waals surface area (Å²) in [6, 6.07) is 0. The predicted octanol–water partition coefficient (Wildman–Crippen LogP) is -5.31. The fourth-order valence-electron chi connectivity index (χ4n) is 1.17. The Bertz CT molecular complexity index is 383. The zero-order chi connectivity index (χ0) is 13.9. The van der Waals surface area contributed by atoms with E-state index in [1.807, 2.05) is 0 Å². The maximum absolute atomic E-state index is 10.9. The average molecular weight is 266 g/mol. The van der Waals surface area contributed by atoms with E-state index >= 15 is 0 Å². The van der Waals surface area contributed by atoms with Gasteiger partial charge in [-0.3, -0.25) is 0 Å². The second-order valence-electron chi connectivity index (χ2n) is 3.26. The van der Waals surface area contributed by atoms with Crippen LogP contribution in [0.3, 0.4) is 0 Å². The van der Waals surface area contributed by atoms with Gasteiger partial charge in [0.25, 0.3) is 0 Å². The molecular formula is C7H7O9P-4. The van der Waals surface area contributed by atoms with Crippen LogP contribution in [0.4, 0.5) is 0 Å². The Kier molecular flexibility index (Phi) is 4.81. The van der Waals surface area contributed by atoms with Crippen molar-refractivity contribution >= 4 is 25.5 Å². The first-order chi connectivity index (χ1) is 7.53. The first-order valence-electron chi connectivity index (χ1n) is 4.18. The first-order valence-corrected chi connectivity index (χ1v) is 5.76. The van der Waals surface area contributed by atoms with Gasteiger partial charge in [0.2, 0.25) is 0 Å². The van der Waals surface area contributed by atoms with Crippen molar-refractivity contribution in [2.75, 3.05) is 0 Å². The van der Waals surface area contributed by atoms with Gasteiger partial charge < -0.3 is 44.1 Å². The summed E-state index contributed by atoms with van der Waals surface area (Å²) in [5, 5.41) is 27.8. The molecule has 0 saturated heterocycles. The number of rotatable bonds is 7. The molecule has 9 nitrogen and oxygen atoms in total. The number of hydrogen-bond acceptors (Lipinski definition) is 8. The first kappa shape index (κ1) is 15.6. The van der Waals surface area contributed by atoms with E-state index in [9.17, 15) is 39.2 Å². The minimum absolute atomic E-state index is 1.08. The van der Waals surface area contributed by atoms with Crippen molar-refractivity contribution in [3.63, 3.8) is 0 Å². The van der Waals surface area contributed by atoms with Gasteiger partial charge in [-0.1, -0.05) is 0 Å². The van der Waals surface area contributed by atoms with Gasteiger partial charge in [0.15, 0.2) is 0 Å². The zero-order valence-electron chi connectivity index (χ0n) is 8.28. The van der Waals surface area contributed by atoms with Gasteiger partial charge in [0, 0.05) is 18.4 Å². The standard InChI is InChI=1S/C7H11O9P/c8-4(9)1-2-7(6(12)13,3-5(10)11)17(14,15)16/h1-3H2,(H,8,9)(H,10,11)(H,12,13)(H2,14,15,16)/p-4. The maximum Gasteiger partial charge on any atom is 0.144 e. The van der Waals surface area contributed by atoms with Gasteiger partial charge in [0.05, 0.1) is 11.1 Å². The highest BCUT2D eigenvalue weighted by atomic mass is 31.2. The van der Waals surface area contributed by atoms with Gasteiger partial charge in [-0.05, 0) is 12.8 Å². The lowest BCUT2D eigenvalue weighted by Crippen LogP contribution is -2.53. The molecule has 0 spiro atoms. The van der Waals surface area contributed by atoms with Crippen LogP contribution >= 0.6 is 7.60 Å². The fraction of sp³-hybridized carbons (Fsp3) is 0.571. The van der Waals surface area contributed by atoms with Crippen LogP contribution in [0, 0.1) is 0 Å². The Hall–Kier alpha value is -1.44. The van der Waals surface area contributed by atoms with Gasteiger partial charge in [0.1, 0.15) is 7.60 Å². The molecule has 1 N–H and O–H groups in total. The van der Waals surface area contributed by atoms with Crippen LogP contribution in [0.2, 0.25) is 0 Å². The maximum atomic E-state index is 10.9. The lowest BCUT2D eigenvalue weighted by molar-refractivity contribution is -0.322. The molecule has 0 fully saturated rings. The van der Waals surface area contributed by atoms with Crippen LogP contribution < -0.4 is 20.2 Å². The molecule has 0 aliphatic rings. The van der Waals surface area contributed by atoms with Crippen LogP contribution in [0.5, 0.6) is 0 Å². The zero-order valence-corrected chi connectivity index (χ0v) is 9.18. The van der Waals surface area contributed by atoms with E-state index in [1.165, 1.54) is 0 Å². The quantitative estimate of drug-likeness (QED) is 0.440. The molecule has 0 aromatic carbocycles. The van der Waals surface area contributed by atoms with Gasteiger partial charge in [-0.2, -0.15) is 0 Å². The molecule has 0 aromatic heterocycles. The smallest absolute Gasteiger partial charge is 0.144 e. The molecule has 17 heavy (non-hydrogen) atoms. The lowest BCUT2D eigenvalue weighted by Gasteiger charge is -2.42. The SMILES string of the molecule is O=C([O-])CCC(CC(=O)[O-])(C(=O)[O-])P(=O)([O-])O. The van der Waals surface area contributed by atoms with E-state index in [-0.39, 0.29) is 0 Å². The molecule has 0 radical (unpaired) electrons. The molecule has 10 heteroatoms. The van der Waals surface area contributed by atoms with Crippen LogP contribution in [0.15, 0.2) is 0 Å². The van der Waals surface area contributed by atoms with Crippen molar-refractivity contribution in [1.82, 2.24) is 0 Å². The second-order valence-corrected chi connectivity index (χ2v) is 5.16. The van der Waals surface area contributed by atoms with Crippen molar-refractivity contribution in [3.05, 3.63) is 0 Å². The van der Waals surface area contributed by atoms with Gasteiger partial charge >= 0.3 is 0 Å². The molecule has 0 bridgehead atoms. The third-order valence-corrected chi connectivity index (χ3v) is 3.75. The van der Waals surface area contributed by atoms with Crippen LogP contribution in [-0.4, -0.2) is 28.0 Å². The summed E-state index contributed by atoms with van der Waals surface area (Å²) in [4.78, 5) is 50.7. The molecule has 0 aromatic rings. The highest BCUT2D eigenvalue weighted by Gasteiger charge is 2.41. The van der Waals surface area contributed by atoms with Crippen LogP contribution in [0.25, 0.3) is 0 Å². The summed E-state index contributed by atoms with van der Waals surface area (Å²) in [5.74, 6) is -6.30. The Morgan fingerprint density at radius 1 is 1.12 bits per heavy atom. The summed E-state index contributed by atoms with van der Waals surface area (Å²) < 4.78 is 10.9. The summed E-state index contributed by atoms with van der Waals surface area (Å²) in [7, 11) is -5.70. The summed E-state index contributed by atoms with van der Waals surface area (Å²) in [6.07, 6.45) is -3.88. The van der Waals surface area contributed by atoms with E-state index in [0.29, 0.717) is 0 Å². The fourth-order valence-corrected chi connectivity index (χ4v) is 2.12. The predicted molar refractivity (Wildman–Crippen MR) is 41.4 cm³/mol. The molecular weight excluding hydrogens is 259 g/mol. The summed E-state index contributed by atoms with van der Waals surface area (Å²) in [6.45, 7) is 0. The van der Waals surface area contributed by atoms with Crippen molar-refractivity contribution in [2.45, 2.75) is 24.4 Å². The van der Waals surface area contributed by atoms with Crippen LogP contribution in [0.1, 0.15) is 19.3 Å². The Balaban J connectivity index is 5.41. The molecule has 0 amide bonds. The topological polar surface area (TPSA) is 181 Å². The molecule has 0 aliphatic carbocycles. The van der Waals surface area contributed by atoms with Gasteiger partial charge in [-0.15, -0.1) is 0 Å². The van der Waals surface area contributed by atoms with Crippen LogP contribution in [-0.2, 0) is 18.9 Å². The molecule has 0 aliphatic heterocycles. The van der Waals surface area contributed by atoms with Crippen molar-refractivity contribution in [3.8, 4) is 0 Å². The number of carboxylic acid groups (broad SMARTS) is 3. The van der Waals surface area contributed by atoms with Crippen molar-refractivity contribution in [2.24, 2.45) is 0 Å².